The number of amides is 1. The molecule has 0 bridgehead atoms. The first-order chi connectivity index (χ1) is 12.5. The first kappa shape index (κ1) is 17.0. The molecule has 3 aromatic rings. The summed E-state index contributed by atoms with van der Waals surface area (Å²) in [5.41, 5.74) is -1.07. The molecule has 132 valence electrons. The van der Waals surface area contributed by atoms with Crippen molar-refractivity contribution in [2.45, 2.75) is 18.6 Å². The molecule has 5 nitrogen and oxygen atoms in total. The van der Waals surface area contributed by atoms with Crippen molar-refractivity contribution in [1.82, 2.24) is 0 Å². The van der Waals surface area contributed by atoms with E-state index in [2.05, 4.69) is 0 Å². The molecule has 0 radical (unpaired) electrons. The van der Waals surface area contributed by atoms with Crippen molar-refractivity contribution in [3.63, 3.8) is 0 Å². The maximum atomic E-state index is 13.1. The maximum absolute atomic E-state index is 13.1. The number of hydrogen-bond donors (Lipinski definition) is 1. The molecule has 1 atom stereocenters. The number of thiophene rings is 1. The zero-order valence-electron chi connectivity index (χ0n) is 13.5. The number of carbonyl (C=O) groups is 2. The second-order valence-electron chi connectivity index (χ2n) is 6.07. The van der Waals surface area contributed by atoms with E-state index in [-0.39, 0.29) is 5.76 Å². The maximum Gasteiger partial charge on any atom is 0.264 e. The third-order valence-corrected chi connectivity index (χ3v) is 5.50. The molecule has 0 spiro atoms. The highest BCUT2D eigenvalue weighted by molar-refractivity contribution is 7.09. The highest BCUT2D eigenvalue weighted by Crippen LogP contribution is 2.45. The van der Waals surface area contributed by atoms with Crippen molar-refractivity contribution >= 4 is 40.3 Å². The minimum atomic E-state index is -1.97. The molecule has 1 aliphatic rings. The Balaban J connectivity index is 1.74. The third-order valence-electron chi connectivity index (χ3n) is 4.40. The van der Waals surface area contributed by atoms with Crippen LogP contribution in [0.2, 0.25) is 5.02 Å². The average molecular weight is 388 g/mol. The van der Waals surface area contributed by atoms with Gasteiger partial charge in [0.1, 0.15) is 0 Å². The standard InChI is InChI=1S/C19H14ClNO4S/c20-12-5-6-15-14(9-12)19(24,10-16(22)17-4-1-7-25-17)18(23)21(15)11-13-3-2-8-26-13/h1-9,24H,10-11H2. The van der Waals surface area contributed by atoms with Crippen molar-refractivity contribution < 1.29 is 19.1 Å². The molecule has 4 rings (SSSR count). The van der Waals surface area contributed by atoms with Gasteiger partial charge in [-0.3, -0.25) is 9.59 Å². The van der Waals surface area contributed by atoms with Crippen molar-refractivity contribution in [2.24, 2.45) is 0 Å². The number of ketones is 1. The Hall–Kier alpha value is -2.41. The Morgan fingerprint density at radius 3 is 2.81 bits per heavy atom. The van der Waals surface area contributed by atoms with Gasteiger partial charge < -0.3 is 14.4 Å². The van der Waals surface area contributed by atoms with Crippen LogP contribution in [0.25, 0.3) is 0 Å². The molecule has 2 aromatic heterocycles. The second kappa shape index (κ2) is 6.39. The number of fused-ring (bicyclic) bond motifs is 1. The summed E-state index contributed by atoms with van der Waals surface area (Å²) in [4.78, 5) is 28.0. The summed E-state index contributed by atoms with van der Waals surface area (Å²) in [5.74, 6) is -0.885. The molecular formula is C19H14ClNO4S. The molecule has 26 heavy (non-hydrogen) atoms. The Kier molecular flexibility index (Phi) is 4.19. The van der Waals surface area contributed by atoms with E-state index in [1.54, 1.807) is 24.3 Å². The molecule has 0 saturated carbocycles. The molecule has 0 saturated heterocycles. The monoisotopic (exact) mass is 387 g/mol. The number of hydrogen-bond acceptors (Lipinski definition) is 5. The summed E-state index contributed by atoms with van der Waals surface area (Å²) in [6.07, 6.45) is 0.968. The topological polar surface area (TPSA) is 70.8 Å². The van der Waals surface area contributed by atoms with Gasteiger partial charge in [-0.25, -0.2) is 0 Å². The Morgan fingerprint density at radius 2 is 2.12 bits per heavy atom. The summed E-state index contributed by atoms with van der Waals surface area (Å²) in [7, 11) is 0. The van der Waals surface area contributed by atoms with E-state index in [4.69, 9.17) is 16.0 Å². The first-order valence-electron chi connectivity index (χ1n) is 7.92. The fourth-order valence-electron chi connectivity index (χ4n) is 3.17. The minimum Gasteiger partial charge on any atom is -0.461 e. The van der Waals surface area contributed by atoms with Gasteiger partial charge in [0.15, 0.2) is 11.4 Å². The lowest BCUT2D eigenvalue weighted by molar-refractivity contribution is -0.136. The fourth-order valence-corrected chi connectivity index (χ4v) is 4.03. The average Bonchev–Trinajstić information content (AvgIpc) is 3.35. The summed E-state index contributed by atoms with van der Waals surface area (Å²) >= 11 is 7.60. The fraction of sp³-hybridized carbons (Fsp3) is 0.158. The molecule has 3 heterocycles. The zero-order chi connectivity index (χ0) is 18.3. The molecule has 1 aromatic carbocycles. The second-order valence-corrected chi connectivity index (χ2v) is 7.54. The van der Waals surface area contributed by atoms with Gasteiger partial charge in [-0.2, -0.15) is 0 Å². The highest BCUT2D eigenvalue weighted by atomic mass is 35.5. The number of aliphatic hydroxyl groups is 1. The molecule has 0 aliphatic carbocycles. The van der Waals surface area contributed by atoms with Gasteiger partial charge in [0.2, 0.25) is 5.78 Å². The van der Waals surface area contributed by atoms with E-state index in [0.717, 1.165) is 4.88 Å². The van der Waals surface area contributed by atoms with Crippen molar-refractivity contribution in [2.75, 3.05) is 4.90 Å². The van der Waals surface area contributed by atoms with Gasteiger partial charge in [0, 0.05) is 15.5 Å². The Bertz CT molecular complexity index is 968. The summed E-state index contributed by atoms with van der Waals surface area (Å²) in [6.45, 7) is 0.322. The Labute approximate surface area is 158 Å². The number of anilines is 1. The quantitative estimate of drug-likeness (QED) is 0.672. The normalized spacial score (nSPS) is 19.0. The summed E-state index contributed by atoms with van der Waals surface area (Å²) < 4.78 is 5.10. The smallest absolute Gasteiger partial charge is 0.264 e. The third kappa shape index (κ3) is 2.76. The number of nitrogens with zero attached hydrogens (tertiary/aromatic N) is 1. The van der Waals surface area contributed by atoms with E-state index in [0.29, 0.717) is 22.8 Å². The van der Waals surface area contributed by atoms with Crippen molar-refractivity contribution in [1.29, 1.82) is 0 Å². The number of furan rings is 1. The van der Waals surface area contributed by atoms with Crippen LogP contribution in [-0.2, 0) is 16.9 Å². The van der Waals surface area contributed by atoms with Gasteiger partial charge >= 0.3 is 0 Å². The van der Waals surface area contributed by atoms with Gasteiger partial charge in [-0.15, -0.1) is 11.3 Å². The number of halogens is 1. The van der Waals surface area contributed by atoms with Crippen LogP contribution in [0.4, 0.5) is 5.69 Å². The predicted molar refractivity (Wildman–Crippen MR) is 98.5 cm³/mol. The molecule has 1 unspecified atom stereocenters. The largest absolute Gasteiger partial charge is 0.461 e. The predicted octanol–water partition coefficient (Wildman–Crippen LogP) is 4.00. The zero-order valence-corrected chi connectivity index (χ0v) is 15.1. The molecule has 1 amide bonds. The highest BCUT2D eigenvalue weighted by Gasteiger charge is 2.51. The summed E-state index contributed by atoms with van der Waals surface area (Å²) in [5, 5.41) is 13.5. The van der Waals surface area contributed by atoms with E-state index < -0.39 is 23.7 Å². The van der Waals surface area contributed by atoms with Crippen LogP contribution in [0.3, 0.4) is 0 Å². The minimum absolute atomic E-state index is 0.103. The van der Waals surface area contributed by atoms with Gasteiger partial charge in [-0.1, -0.05) is 17.7 Å². The van der Waals surface area contributed by atoms with E-state index in [9.17, 15) is 14.7 Å². The molecule has 1 N–H and O–H groups in total. The molecular weight excluding hydrogens is 374 g/mol. The SMILES string of the molecule is O=C(CC1(O)C(=O)N(Cc2cccs2)c2ccc(Cl)cc21)c1ccco1. The van der Waals surface area contributed by atoms with Crippen LogP contribution in [0.1, 0.15) is 27.4 Å². The lowest BCUT2D eigenvalue weighted by Crippen LogP contribution is -2.41. The lowest BCUT2D eigenvalue weighted by Gasteiger charge is -2.22. The first-order valence-corrected chi connectivity index (χ1v) is 9.18. The van der Waals surface area contributed by atoms with Crippen LogP contribution >= 0.6 is 22.9 Å². The van der Waals surface area contributed by atoms with E-state index >= 15 is 0 Å². The van der Waals surface area contributed by atoms with Gasteiger partial charge in [-0.05, 0) is 41.8 Å². The number of Topliss-reactive ketones (excluding diaryl/α,β-unsaturated/α-hetero) is 1. The molecule has 0 fully saturated rings. The van der Waals surface area contributed by atoms with E-state index in [1.807, 2.05) is 17.5 Å². The molecule has 1 aliphatic heterocycles. The van der Waals surface area contributed by atoms with Crippen LogP contribution in [-0.4, -0.2) is 16.8 Å². The number of benzene rings is 1. The van der Waals surface area contributed by atoms with Crippen LogP contribution in [0, 0.1) is 0 Å². The van der Waals surface area contributed by atoms with Crippen molar-refractivity contribution in [3.05, 3.63) is 75.3 Å². The van der Waals surface area contributed by atoms with E-state index in [1.165, 1.54) is 28.6 Å². The van der Waals surface area contributed by atoms with Gasteiger partial charge in [0.25, 0.3) is 5.91 Å². The number of carbonyl (C=O) groups excluding carboxylic acids is 2. The van der Waals surface area contributed by atoms with Crippen LogP contribution in [0.15, 0.2) is 58.5 Å². The lowest BCUT2D eigenvalue weighted by atomic mass is 9.89. The van der Waals surface area contributed by atoms with Crippen LogP contribution < -0.4 is 4.90 Å². The number of rotatable bonds is 5. The van der Waals surface area contributed by atoms with Crippen LogP contribution in [0.5, 0.6) is 0 Å². The Morgan fingerprint density at radius 1 is 1.27 bits per heavy atom. The van der Waals surface area contributed by atoms with Gasteiger partial charge in [0.05, 0.1) is 24.9 Å². The van der Waals surface area contributed by atoms with Crippen molar-refractivity contribution in [3.8, 4) is 0 Å². The summed E-state index contributed by atoms with van der Waals surface area (Å²) in [6, 6.07) is 11.8. The molecule has 7 heteroatoms.